The Labute approximate surface area is 137 Å². The summed E-state index contributed by atoms with van der Waals surface area (Å²) in [4.78, 5) is 0.0277. The molecule has 1 atom stereocenters. The Kier molecular flexibility index (Phi) is 4.24. The molecule has 0 bridgehead atoms. The molecule has 0 saturated carbocycles. The van der Waals surface area contributed by atoms with Crippen molar-refractivity contribution in [3.63, 3.8) is 0 Å². The van der Waals surface area contributed by atoms with Crippen molar-refractivity contribution in [2.45, 2.75) is 24.8 Å². The fourth-order valence-electron chi connectivity index (χ4n) is 2.49. The number of aliphatic hydroxyl groups is 1. The lowest BCUT2D eigenvalue weighted by Gasteiger charge is -2.12. The van der Waals surface area contributed by atoms with E-state index in [4.69, 9.17) is 4.52 Å². The monoisotopic (exact) mass is 352 g/mol. The van der Waals surface area contributed by atoms with Gasteiger partial charge in [-0.25, -0.2) is 13.1 Å². The Hall–Kier alpha value is -1.74. The molecule has 6 nitrogen and oxygen atoms in total. The first-order chi connectivity index (χ1) is 10.9. The third kappa shape index (κ3) is 3.02. The van der Waals surface area contributed by atoms with Gasteiger partial charge < -0.3 is 9.63 Å². The third-order valence-electron chi connectivity index (χ3n) is 3.57. The van der Waals surface area contributed by atoms with Crippen molar-refractivity contribution < 1.29 is 18.0 Å². The molecule has 1 aromatic carbocycles. The van der Waals surface area contributed by atoms with E-state index in [-0.39, 0.29) is 17.2 Å². The van der Waals surface area contributed by atoms with Crippen LogP contribution in [0.5, 0.6) is 0 Å². The van der Waals surface area contributed by atoms with Crippen molar-refractivity contribution in [1.82, 2.24) is 9.88 Å². The standard InChI is InChI=1S/C15H16N2O4S2/c1-9-15(10(2)21-17-9)23(19,20)16-7-13(18)12-8-22-14-6-4-3-5-11(12)14/h3-6,8,13,16,18H,7H2,1-2H3. The van der Waals surface area contributed by atoms with Crippen LogP contribution in [0.15, 0.2) is 39.1 Å². The summed E-state index contributed by atoms with van der Waals surface area (Å²) in [6, 6.07) is 7.69. The average Bonchev–Trinajstić information content (AvgIpc) is 3.09. The molecule has 2 aromatic heterocycles. The number of hydrogen-bond donors (Lipinski definition) is 2. The van der Waals surface area contributed by atoms with Gasteiger partial charge in [0.1, 0.15) is 10.6 Å². The van der Waals surface area contributed by atoms with Crippen LogP contribution in [0.2, 0.25) is 0 Å². The summed E-state index contributed by atoms with van der Waals surface area (Å²) in [5.41, 5.74) is 1.01. The van der Waals surface area contributed by atoms with Gasteiger partial charge in [-0.2, -0.15) is 0 Å². The summed E-state index contributed by atoms with van der Waals surface area (Å²) >= 11 is 1.52. The van der Waals surface area contributed by atoms with Crippen LogP contribution in [0, 0.1) is 13.8 Å². The molecule has 0 aliphatic heterocycles. The number of nitrogens with zero attached hydrogens (tertiary/aromatic N) is 1. The highest BCUT2D eigenvalue weighted by Gasteiger charge is 2.25. The molecule has 0 radical (unpaired) electrons. The van der Waals surface area contributed by atoms with E-state index < -0.39 is 16.1 Å². The molecule has 3 rings (SSSR count). The fourth-order valence-corrected chi connectivity index (χ4v) is 4.86. The molecule has 0 saturated heterocycles. The topological polar surface area (TPSA) is 92.4 Å². The van der Waals surface area contributed by atoms with Gasteiger partial charge in [0, 0.05) is 16.8 Å². The predicted octanol–water partition coefficient (Wildman–Crippen LogP) is 2.52. The van der Waals surface area contributed by atoms with Crippen LogP contribution >= 0.6 is 11.3 Å². The maximum Gasteiger partial charge on any atom is 0.246 e. The van der Waals surface area contributed by atoms with Crippen LogP contribution in [-0.2, 0) is 10.0 Å². The minimum atomic E-state index is -3.78. The Balaban J connectivity index is 1.80. The quantitative estimate of drug-likeness (QED) is 0.736. The van der Waals surface area contributed by atoms with Gasteiger partial charge in [0.15, 0.2) is 5.76 Å². The summed E-state index contributed by atoms with van der Waals surface area (Å²) < 4.78 is 33.1. The second-order valence-electron chi connectivity index (χ2n) is 5.21. The molecular formula is C15H16N2O4S2. The molecule has 122 valence electrons. The highest BCUT2D eigenvalue weighted by atomic mass is 32.2. The third-order valence-corrected chi connectivity index (χ3v) is 6.22. The first-order valence-electron chi connectivity index (χ1n) is 6.97. The van der Waals surface area contributed by atoms with Gasteiger partial charge in [-0.3, -0.25) is 0 Å². The van der Waals surface area contributed by atoms with E-state index in [9.17, 15) is 13.5 Å². The maximum atomic E-state index is 12.4. The van der Waals surface area contributed by atoms with E-state index in [0.29, 0.717) is 11.3 Å². The number of benzene rings is 1. The fraction of sp³-hybridized carbons (Fsp3) is 0.267. The molecule has 1 unspecified atom stereocenters. The van der Waals surface area contributed by atoms with Gasteiger partial charge in [-0.05, 0) is 30.7 Å². The molecule has 0 fully saturated rings. The minimum Gasteiger partial charge on any atom is -0.387 e. The van der Waals surface area contributed by atoms with Crippen LogP contribution in [0.3, 0.4) is 0 Å². The largest absolute Gasteiger partial charge is 0.387 e. The summed E-state index contributed by atoms with van der Waals surface area (Å²) in [6.07, 6.45) is -0.929. The van der Waals surface area contributed by atoms with Crippen LogP contribution < -0.4 is 4.72 Å². The van der Waals surface area contributed by atoms with E-state index in [1.165, 1.54) is 18.3 Å². The number of thiophene rings is 1. The number of nitrogens with one attached hydrogen (secondary N) is 1. The van der Waals surface area contributed by atoms with Crippen molar-refractivity contribution >= 4 is 31.4 Å². The normalized spacial score (nSPS) is 13.5. The second-order valence-corrected chi connectivity index (χ2v) is 7.82. The smallest absolute Gasteiger partial charge is 0.246 e. The SMILES string of the molecule is Cc1noc(C)c1S(=O)(=O)NCC(O)c1csc2ccccc12. The van der Waals surface area contributed by atoms with E-state index in [2.05, 4.69) is 9.88 Å². The van der Waals surface area contributed by atoms with Crippen molar-refractivity contribution in [3.05, 3.63) is 46.7 Å². The van der Waals surface area contributed by atoms with E-state index in [0.717, 1.165) is 10.1 Å². The van der Waals surface area contributed by atoms with Gasteiger partial charge in [0.05, 0.1) is 6.10 Å². The predicted molar refractivity (Wildman–Crippen MR) is 88.0 cm³/mol. The van der Waals surface area contributed by atoms with E-state index in [1.807, 2.05) is 29.6 Å². The van der Waals surface area contributed by atoms with Crippen LogP contribution in [0.4, 0.5) is 0 Å². The van der Waals surface area contributed by atoms with Gasteiger partial charge >= 0.3 is 0 Å². The van der Waals surface area contributed by atoms with Gasteiger partial charge in [0.2, 0.25) is 10.0 Å². The van der Waals surface area contributed by atoms with Crippen molar-refractivity contribution in [2.75, 3.05) is 6.54 Å². The van der Waals surface area contributed by atoms with Gasteiger partial charge in [-0.1, -0.05) is 23.4 Å². The molecule has 23 heavy (non-hydrogen) atoms. The van der Waals surface area contributed by atoms with Crippen molar-refractivity contribution in [2.24, 2.45) is 0 Å². The second kappa shape index (κ2) is 6.04. The van der Waals surface area contributed by atoms with E-state index in [1.54, 1.807) is 6.92 Å². The van der Waals surface area contributed by atoms with Gasteiger partial charge in [-0.15, -0.1) is 11.3 Å². The average molecular weight is 352 g/mol. The number of aromatic nitrogens is 1. The number of aryl methyl sites for hydroxylation is 2. The van der Waals surface area contributed by atoms with Crippen molar-refractivity contribution in [3.8, 4) is 0 Å². The molecule has 0 amide bonds. The first kappa shape index (κ1) is 16.1. The van der Waals surface area contributed by atoms with Crippen LogP contribution in [0.1, 0.15) is 23.1 Å². The number of fused-ring (bicyclic) bond motifs is 1. The number of aliphatic hydroxyl groups excluding tert-OH is 1. The summed E-state index contributed by atoms with van der Waals surface area (Å²) in [6.45, 7) is 2.98. The van der Waals surface area contributed by atoms with Crippen molar-refractivity contribution in [1.29, 1.82) is 0 Å². The first-order valence-corrected chi connectivity index (χ1v) is 9.33. The van der Waals surface area contributed by atoms with Crippen LogP contribution in [-0.4, -0.2) is 25.2 Å². The lowest BCUT2D eigenvalue weighted by atomic mass is 10.1. The Morgan fingerprint density at radius 2 is 2.09 bits per heavy atom. The molecule has 2 N–H and O–H groups in total. The number of sulfonamides is 1. The van der Waals surface area contributed by atoms with E-state index >= 15 is 0 Å². The Morgan fingerprint density at radius 3 is 2.78 bits per heavy atom. The van der Waals surface area contributed by atoms with Gasteiger partial charge in [0.25, 0.3) is 0 Å². The molecule has 0 aliphatic rings. The Morgan fingerprint density at radius 1 is 1.35 bits per heavy atom. The summed E-state index contributed by atoms with van der Waals surface area (Å²) in [5.74, 6) is 0.227. The zero-order chi connectivity index (χ0) is 16.6. The zero-order valence-corrected chi connectivity index (χ0v) is 14.2. The molecule has 0 spiro atoms. The molecule has 8 heteroatoms. The summed E-state index contributed by atoms with van der Waals surface area (Å²) in [5, 5.41) is 16.8. The molecule has 0 aliphatic carbocycles. The van der Waals surface area contributed by atoms with Crippen LogP contribution in [0.25, 0.3) is 10.1 Å². The number of rotatable bonds is 5. The highest BCUT2D eigenvalue weighted by Crippen LogP contribution is 2.30. The lowest BCUT2D eigenvalue weighted by molar-refractivity contribution is 0.184. The highest BCUT2D eigenvalue weighted by molar-refractivity contribution is 7.89. The molecule has 3 aromatic rings. The minimum absolute atomic E-state index is 0.0277. The maximum absolute atomic E-state index is 12.4. The zero-order valence-electron chi connectivity index (χ0n) is 12.6. The number of hydrogen-bond acceptors (Lipinski definition) is 6. The summed E-state index contributed by atoms with van der Waals surface area (Å²) in [7, 11) is -3.78. The molecule has 2 heterocycles. The molecular weight excluding hydrogens is 336 g/mol. The lowest BCUT2D eigenvalue weighted by Crippen LogP contribution is -2.29. The Bertz CT molecular complexity index is 924.